The monoisotopic (exact) mass is 876 g/mol. The Labute approximate surface area is 363 Å². The second kappa shape index (κ2) is 14.1. The van der Waals surface area contributed by atoms with Gasteiger partial charge in [-0.1, -0.05) is 0 Å². The molecule has 2 spiro atoms. The molecule has 7 aromatic rings. The molecule has 0 radical (unpaired) electrons. The number of furan rings is 3. The van der Waals surface area contributed by atoms with Crippen molar-refractivity contribution < 1.29 is 70.5 Å². The number of rotatable bonds is 10. The number of aliphatic hydroxyl groups is 2. The second-order valence-electron chi connectivity index (χ2n) is 17.9. The Bertz CT molecular complexity index is 3100. The van der Waals surface area contributed by atoms with Crippen LogP contribution in [0, 0.1) is 0 Å². The molecule has 4 aromatic heterocycles. The van der Waals surface area contributed by atoms with Crippen LogP contribution >= 0.6 is 0 Å². The van der Waals surface area contributed by atoms with Crippen molar-refractivity contribution in [2.24, 2.45) is 0 Å². The molecule has 2 N–H and O–H groups in total. The summed E-state index contributed by atoms with van der Waals surface area (Å²) in [5.41, 5.74) is -1.03. The minimum absolute atomic E-state index is 0.0213. The maximum atomic E-state index is 12.3. The molecule has 11 rings (SSSR count). The van der Waals surface area contributed by atoms with Crippen molar-refractivity contribution in [3.63, 3.8) is 0 Å². The van der Waals surface area contributed by atoms with Gasteiger partial charge in [0.1, 0.15) is 38.1 Å². The minimum Gasteiger partial charge on any atom is -0.483 e. The lowest BCUT2D eigenvalue weighted by Crippen LogP contribution is -2.41. The number of ether oxygens (including phenoxy) is 9. The number of aliphatic hydroxyl groups excluding tert-OH is 1. The summed E-state index contributed by atoms with van der Waals surface area (Å²) in [5.74, 6) is -2.05. The van der Waals surface area contributed by atoms with Crippen molar-refractivity contribution in [2.75, 3.05) is 19.8 Å². The smallest absolute Gasteiger partial charge is 0.350 e. The molecule has 0 bridgehead atoms. The maximum absolute atomic E-state index is 12.3. The van der Waals surface area contributed by atoms with Gasteiger partial charge in [-0.2, -0.15) is 0 Å². The predicted molar refractivity (Wildman–Crippen MR) is 228 cm³/mol. The average molecular weight is 877 g/mol. The third kappa shape index (κ3) is 6.71. The summed E-state index contributed by atoms with van der Waals surface area (Å²) >= 11 is 0. The number of hydrogen-bond acceptors (Lipinski definition) is 16. The van der Waals surface area contributed by atoms with E-state index in [4.69, 9.17) is 60.3 Å². The topological polar surface area (TPSA) is 193 Å². The van der Waals surface area contributed by atoms with Crippen molar-refractivity contribution in [2.45, 2.75) is 88.6 Å². The van der Waals surface area contributed by atoms with Gasteiger partial charge < -0.3 is 70.5 Å². The molecular formula is C48H44O16. The minimum atomic E-state index is -1.70. The third-order valence-corrected chi connectivity index (χ3v) is 12.0. The van der Waals surface area contributed by atoms with E-state index in [1.54, 1.807) is 42.9 Å². The second-order valence-corrected chi connectivity index (χ2v) is 17.9. The average Bonchev–Trinajstić information content (AvgIpc) is 4.08. The summed E-state index contributed by atoms with van der Waals surface area (Å²) in [6.07, 6.45) is 9.02. The molecule has 64 heavy (non-hydrogen) atoms. The fourth-order valence-electron chi connectivity index (χ4n) is 8.35. The van der Waals surface area contributed by atoms with E-state index < -0.39 is 52.7 Å². The molecule has 5 atom stereocenters. The Morgan fingerprint density at radius 1 is 0.641 bits per heavy atom. The molecule has 2 saturated heterocycles. The van der Waals surface area contributed by atoms with E-state index >= 15 is 0 Å². The van der Waals surface area contributed by atoms with Crippen molar-refractivity contribution in [3.8, 4) is 28.7 Å². The molecule has 2 fully saturated rings. The van der Waals surface area contributed by atoms with Crippen molar-refractivity contribution in [1.29, 1.82) is 0 Å². The standard InChI is InChI=1S/C48H44O16/c1-44(2,51)31(49)22-55-42-36-29(12-17-53-36)20-26-9-14-47(61-39(26)42)60-33(46(5,6)64-47)24-57-43-37-30(13-18-54-37)21-27-10-15-48(62-40(27)43)59-32(45(3,4)63-48)23-56-41-35-28(11-16-52-35)19-25-7-8-34(50)58-38(25)41/h7-21,31-33,49,51H,22-24H2,1-6H3. The highest BCUT2D eigenvalue weighted by molar-refractivity contribution is 6.00. The van der Waals surface area contributed by atoms with Crippen LogP contribution in [0.3, 0.4) is 0 Å². The molecule has 4 aliphatic heterocycles. The van der Waals surface area contributed by atoms with Crippen molar-refractivity contribution in [1.82, 2.24) is 0 Å². The SMILES string of the molecule is CC(C)(O)C(O)COc1c2c(cc3ccoc13)C=CC1(O2)OC(COc2c3c(cc4ccoc24)C=CC2(O3)OC(COc3c4occc4cc4ccc(=O)oc34)C(C)(C)O2)C(C)(C)O1. The zero-order valence-corrected chi connectivity index (χ0v) is 35.6. The van der Waals surface area contributed by atoms with Crippen LogP contribution in [0.5, 0.6) is 28.7 Å². The summed E-state index contributed by atoms with van der Waals surface area (Å²) in [5, 5.41) is 23.9. The third-order valence-electron chi connectivity index (χ3n) is 12.0. The molecule has 5 unspecified atom stereocenters. The molecule has 332 valence electrons. The van der Waals surface area contributed by atoms with E-state index in [1.165, 1.54) is 26.2 Å². The van der Waals surface area contributed by atoms with Crippen LogP contribution in [0.25, 0.3) is 56.0 Å². The van der Waals surface area contributed by atoms with Gasteiger partial charge in [0, 0.05) is 50.9 Å². The molecule has 16 nitrogen and oxygen atoms in total. The predicted octanol–water partition coefficient (Wildman–Crippen LogP) is 8.21. The Hall–Kier alpha value is -6.27. The van der Waals surface area contributed by atoms with Gasteiger partial charge in [-0.25, -0.2) is 4.79 Å². The number of fused-ring (bicyclic) bond motifs is 6. The van der Waals surface area contributed by atoms with Crippen molar-refractivity contribution >= 4 is 56.0 Å². The summed E-state index contributed by atoms with van der Waals surface area (Å²) in [7, 11) is 0. The van der Waals surface area contributed by atoms with E-state index in [-0.39, 0.29) is 48.4 Å². The summed E-state index contributed by atoms with van der Waals surface area (Å²) in [4.78, 5) is 12.3. The molecular weight excluding hydrogens is 833 g/mol. The van der Waals surface area contributed by atoms with Crippen LogP contribution in [0.15, 0.2) is 102 Å². The fourth-order valence-corrected chi connectivity index (χ4v) is 8.35. The molecule has 3 aromatic carbocycles. The first-order valence-corrected chi connectivity index (χ1v) is 20.8. The van der Waals surface area contributed by atoms with Gasteiger partial charge in [-0.3, -0.25) is 0 Å². The largest absolute Gasteiger partial charge is 0.483 e. The highest BCUT2D eigenvalue weighted by Gasteiger charge is 2.57. The highest BCUT2D eigenvalue weighted by Crippen LogP contribution is 2.52. The Morgan fingerprint density at radius 3 is 1.64 bits per heavy atom. The van der Waals surface area contributed by atoms with Crippen LogP contribution in [0.4, 0.5) is 0 Å². The van der Waals surface area contributed by atoms with Gasteiger partial charge in [-0.15, -0.1) is 0 Å². The fraction of sp³-hybridized carbons (Fsp3) is 0.354. The molecule has 0 saturated carbocycles. The Balaban J connectivity index is 0.846. The van der Waals surface area contributed by atoms with Gasteiger partial charge in [0.05, 0.1) is 35.6 Å². The van der Waals surface area contributed by atoms with Gasteiger partial charge in [0.15, 0.2) is 33.8 Å². The molecule has 8 heterocycles. The summed E-state index contributed by atoms with van der Waals surface area (Å²) in [6.45, 7) is 10.1. The first-order valence-electron chi connectivity index (χ1n) is 20.8. The number of benzene rings is 3. The highest BCUT2D eigenvalue weighted by atomic mass is 16.9. The van der Waals surface area contributed by atoms with E-state index in [9.17, 15) is 15.0 Å². The maximum Gasteiger partial charge on any atom is 0.350 e. The number of hydrogen-bond donors (Lipinski definition) is 2. The Morgan fingerprint density at radius 2 is 1.11 bits per heavy atom. The van der Waals surface area contributed by atoms with Crippen LogP contribution in [0.2, 0.25) is 0 Å². The zero-order chi connectivity index (χ0) is 44.4. The van der Waals surface area contributed by atoms with Crippen molar-refractivity contribution in [3.05, 3.63) is 101 Å². The molecule has 4 aliphatic rings. The van der Waals surface area contributed by atoms with Crippen LogP contribution in [-0.4, -0.2) is 77.1 Å². The molecule has 0 aliphatic carbocycles. The van der Waals surface area contributed by atoms with Crippen LogP contribution in [0.1, 0.15) is 52.7 Å². The summed E-state index contributed by atoms with van der Waals surface area (Å²) in [6, 6.07) is 14.1. The lowest BCUT2D eigenvalue weighted by molar-refractivity contribution is -0.272. The van der Waals surface area contributed by atoms with Crippen LogP contribution < -0.4 is 29.3 Å². The first kappa shape index (κ1) is 40.5. The first-order chi connectivity index (χ1) is 30.5. The van der Waals surface area contributed by atoms with Gasteiger partial charge in [0.2, 0.25) is 17.2 Å². The van der Waals surface area contributed by atoms with Crippen LogP contribution in [-0.2, 0) is 18.9 Å². The molecule has 0 amide bonds. The van der Waals surface area contributed by atoms with Gasteiger partial charge >= 0.3 is 17.6 Å². The normalized spacial score (nSPS) is 24.7. The molecule has 16 heteroatoms. The van der Waals surface area contributed by atoms with Gasteiger partial charge in [0.25, 0.3) is 0 Å². The van der Waals surface area contributed by atoms with E-state index in [1.807, 2.05) is 64.1 Å². The quantitative estimate of drug-likeness (QED) is 0.125. The Kier molecular flexibility index (Phi) is 8.93. The lowest BCUT2D eigenvalue weighted by atomic mass is 10.0. The van der Waals surface area contributed by atoms with E-state index in [2.05, 4.69) is 0 Å². The van der Waals surface area contributed by atoms with E-state index in [0.29, 0.717) is 39.0 Å². The summed E-state index contributed by atoms with van der Waals surface area (Å²) < 4.78 is 81.6. The van der Waals surface area contributed by atoms with E-state index in [0.717, 1.165) is 16.2 Å². The zero-order valence-electron chi connectivity index (χ0n) is 35.6. The van der Waals surface area contributed by atoms with Gasteiger partial charge in [-0.05, 0) is 96.2 Å². The lowest BCUT2D eigenvalue weighted by Gasteiger charge is -2.31.